The maximum Gasteiger partial charge on any atom is 0.0614 e. The number of aryl methyl sites for hydroxylation is 2. The van der Waals surface area contributed by atoms with Gasteiger partial charge in [0.1, 0.15) is 0 Å². The van der Waals surface area contributed by atoms with Crippen molar-refractivity contribution in [1.82, 2.24) is 38.3 Å². The summed E-state index contributed by atoms with van der Waals surface area (Å²) < 4.78 is 8.37. The maximum absolute atomic E-state index is 5.03. The van der Waals surface area contributed by atoms with Crippen LogP contribution in [0.15, 0.2) is 183 Å². The molecule has 0 spiro atoms. The van der Waals surface area contributed by atoms with Crippen molar-refractivity contribution in [3.63, 3.8) is 0 Å². The zero-order valence-electron chi connectivity index (χ0n) is 42.0. The van der Waals surface area contributed by atoms with Crippen LogP contribution in [0, 0.1) is 38.1 Å². The summed E-state index contributed by atoms with van der Waals surface area (Å²) in [4.78, 5) is 9.95. The van der Waals surface area contributed by atoms with Gasteiger partial charge in [-0.1, -0.05) is 99.1 Å². The fourth-order valence-electron chi connectivity index (χ4n) is 11.5. The minimum atomic E-state index is 0. The van der Waals surface area contributed by atoms with E-state index in [0.717, 1.165) is 57.7 Å². The van der Waals surface area contributed by atoms with Gasteiger partial charge in [0.15, 0.2) is 0 Å². The monoisotopic (exact) mass is 1320 g/mol. The summed E-state index contributed by atoms with van der Waals surface area (Å²) >= 11 is 0. The summed E-state index contributed by atoms with van der Waals surface area (Å²) in [6.45, 7) is 13.6. The fraction of sp³-hybridized carbons (Fsp3) is 0.156. The number of rotatable bonds is 3. The Morgan fingerprint density at radius 3 is 1.50 bits per heavy atom. The van der Waals surface area contributed by atoms with Crippen molar-refractivity contribution in [2.24, 2.45) is 0 Å². The van der Waals surface area contributed by atoms with Gasteiger partial charge in [0.2, 0.25) is 0 Å². The van der Waals surface area contributed by atoms with E-state index in [1.54, 1.807) is 21.8 Å². The van der Waals surface area contributed by atoms with E-state index in [1.807, 2.05) is 85.2 Å². The van der Waals surface area contributed by atoms with E-state index in [2.05, 4.69) is 170 Å². The fourth-order valence-corrected chi connectivity index (χ4v) is 11.5. The van der Waals surface area contributed by atoms with Crippen molar-refractivity contribution in [2.75, 3.05) is 0 Å². The Morgan fingerprint density at radius 2 is 0.959 bits per heavy atom. The quantitative estimate of drug-likeness (QED) is 0.131. The normalized spacial score (nSPS) is 13.4. The number of para-hydroxylation sites is 3. The molecule has 2 aliphatic heterocycles. The molecule has 0 unspecified atom stereocenters. The molecule has 7 aromatic carbocycles. The third-order valence-electron chi connectivity index (χ3n) is 14.2. The van der Waals surface area contributed by atoms with E-state index in [4.69, 9.17) is 9.97 Å². The van der Waals surface area contributed by atoms with Gasteiger partial charge in [0, 0.05) is 110 Å². The van der Waals surface area contributed by atoms with Crippen molar-refractivity contribution < 1.29 is 40.2 Å². The van der Waals surface area contributed by atoms with Crippen LogP contribution in [0.4, 0.5) is 0 Å². The van der Waals surface area contributed by atoms with Crippen molar-refractivity contribution in [2.45, 2.75) is 65.2 Å². The van der Waals surface area contributed by atoms with Gasteiger partial charge in [-0.15, -0.1) is 71.4 Å². The molecule has 0 aliphatic carbocycles. The maximum atomic E-state index is 5.03. The number of nitrogens with zero attached hydrogens (tertiary/aromatic N) is 8. The number of pyridine rings is 2. The molecule has 8 nitrogen and oxygen atoms in total. The van der Waals surface area contributed by atoms with Crippen LogP contribution in [0.3, 0.4) is 0 Å². The van der Waals surface area contributed by atoms with Crippen molar-refractivity contribution >= 4 is 54.6 Å². The van der Waals surface area contributed by atoms with Gasteiger partial charge in [0.05, 0.1) is 11.3 Å². The van der Waals surface area contributed by atoms with Crippen LogP contribution in [0.1, 0.15) is 61.6 Å². The first kappa shape index (κ1) is 50.2. The first-order chi connectivity index (χ1) is 35.1. The van der Waals surface area contributed by atoms with Crippen LogP contribution in [-0.2, 0) is 63.9 Å². The standard InChI is InChI=1S/C26H21N2.C20H17N2.2C9H7N2.2Ir/c1-16-24-26(2,3)15-18-13-14-19(17-9-5-4-6-10-17)22-20-11-7-8-12-21(20)25(27-16)28(24)23(18)22;1-12-18-20(2,3)11-13-7-6-10-15-14-8-4-5-9-16(14)19(21-12)22(18)17(13)15;2*1-2-5-9(6-3-1)11-8-4-7-10-11;;/h4-11,13-14H,15H2,1-3H3;4-8,10H,11H2,1-3H3;2*1-5,7-8H;;/q4*-1;;. The number of hydrogen-bond donors (Lipinski definition) is 0. The van der Waals surface area contributed by atoms with Crippen LogP contribution in [0.5, 0.6) is 0 Å². The zero-order valence-corrected chi connectivity index (χ0v) is 46.8. The Hall–Kier alpha value is -7.32. The molecule has 2 radical (unpaired) electrons. The number of imidazole rings is 2. The van der Waals surface area contributed by atoms with E-state index in [-0.39, 0.29) is 51.0 Å². The smallest absolute Gasteiger partial charge is 0.0614 e. The molecule has 8 heterocycles. The second-order valence-corrected chi connectivity index (χ2v) is 20.0. The minimum absolute atomic E-state index is 0. The number of hydrogen-bond acceptors (Lipinski definition) is 4. The number of fused-ring (bicyclic) bond motifs is 6. The number of benzene rings is 7. The topological polar surface area (TPSA) is 70.2 Å². The first-order valence-electron chi connectivity index (χ1n) is 24.6. The molecule has 0 amide bonds. The molecule has 10 heteroatoms. The second kappa shape index (κ2) is 20.2. The van der Waals surface area contributed by atoms with Crippen molar-refractivity contribution in [3.05, 3.63) is 241 Å². The molecule has 0 N–H and O–H groups in total. The SMILES string of the molecule is Cc1nc2c3[c-]cccc3c3c(-c4ccccc4)ccc4c3n2c1C(C)(C)C4.Cc1nc2c3[c-]cccc3c3cccc4c3n2c1C(C)(C)C4.[Ir].[Ir].[c-]1ccccc1-n1cccn1.[c-]1ccccc1-n1cccn1. The van der Waals surface area contributed by atoms with Gasteiger partial charge in [-0.05, 0) is 83.2 Å². The van der Waals surface area contributed by atoms with Crippen molar-refractivity contribution in [1.29, 1.82) is 0 Å². The van der Waals surface area contributed by atoms with Gasteiger partial charge >= 0.3 is 0 Å². The summed E-state index contributed by atoms with van der Waals surface area (Å²) in [6, 6.07) is 66.9. The van der Waals surface area contributed by atoms with Gasteiger partial charge in [0.25, 0.3) is 0 Å². The molecule has 13 aromatic rings. The van der Waals surface area contributed by atoms with Crippen LogP contribution in [-0.4, -0.2) is 38.3 Å². The van der Waals surface area contributed by atoms with Gasteiger partial charge in [-0.2, -0.15) is 58.7 Å². The molecule has 0 atom stereocenters. The van der Waals surface area contributed by atoms with Crippen LogP contribution in [0.25, 0.3) is 77.1 Å². The van der Waals surface area contributed by atoms with Crippen LogP contribution >= 0.6 is 0 Å². The molecule has 0 saturated carbocycles. The average molecular weight is 1320 g/mol. The Bertz CT molecular complexity index is 4030. The second-order valence-electron chi connectivity index (χ2n) is 20.0. The third kappa shape index (κ3) is 8.69. The van der Waals surface area contributed by atoms with Crippen LogP contribution < -0.4 is 0 Å². The molecular weight excluding hydrogens is 1270 g/mol. The molecule has 0 bridgehead atoms. The summed E-state index contributed by atoms with van der Waals surface area (Å²) in [7, 11) is 0. The van der Waals surface area contributed by atoms with E-state index >= 15 is 0 Å². The molecule has 15 rings (SSSR count). The Kier molecular flexibility index (Phi) is 13.7. The summed E-state index contributed by atoms with van der Waals surface area (Å²) in [5.74, 6) is 0. The van der Waals surface area contributed by atoms with E-state index in [9.17, 15) is 0 Å². The average Bonchev–Trinajstić information content (AvgIpc) is 4.26. The minimum Gasteiger partial charge on any atom is -0.336 e. The van der Waals surface area contributed by atoms with Gasteiger partial charge in [-0.3, -0.25) is 19.3 Å². The predicted molar refractivity (Wildman–Crippen MR) is 291 cm³/mol. The molecule has 0 fully saturated rings. The van der Waals surface area contributed by atoms with Gasteiger partial charge < -0.3 is 8.80 Å². The summed E-state index contributed by atoms with van der Waals surface area (Å²) in [5, 5.41) is 15.5. The third-order valence-corrected chi connectivity index (χ3v) is 14.2. The largest absolute Gasteiger partial charge is 0.336 e. The molecule has 2 aliphatic rings. The first-order valence-corrected chi connectivity index (χ1v) is 24.6. The molecule has 74 heavy (non-hydrogen) atoms. The van der Waals surface area contributed by atoms with Gasteiger partial charge in [-0.25, -0.2) is 0 Å². The molecular formula is C64H52Ir2N8-4. The van der Waals surface area contributed by atoms with Crippen LogP contribution in [0.2, 0.25) is 0 Å². The molecule has 0 saturated heterocycles. The summed E-state index contributed by atoms with van der Waals surface area (Å²) in [6.07, 6.45) is 9.38. The van der Waals surface area contributed by atoms with E-state index in [1.165, 1.54) is 66.2 Å². The molecule has 6 aromatic heterocycles. The Balaban J connectivity index is 0.000000121. The Morgan fingerprint density at radius 1 is 0.459 bits per heavy atom. The molecule has 370 valence electrons. The predicted octanol–water partition coefficient (Wildman–Crippen LogP) is 14.2. The van der Waals surface area contributed by atoms with E-state index in [0.29, 0.717) is 0 Å². The number of aromatic nitrogens is 8. The van der Waals surface area contributed by atoms with E-state index < -0.39 is 0 Å². The zero-order chi connectivity index (χ0) is 49.1. The van der Waals surface area contributed by atoms with Crippen molar-refractivity contribution in [3.8, 4) is 22.5 Å². The summed E-state index contributed by atoms with van der Waals surface area (Å²) in [5.41, 5.74) is 17.2. The Labute approximate surface area is 458 Å².